The number of nitrogens with one attached hydrogen (secondary N) is 1. The molecule has 0 spiro atoms. The Labute approximate surface area is 202 Å². The summed E-state index contributed by atoms with van der Waals surface area (Å²) in [7, 11) is 7.96. The summed E-state index contributed by atoms with van der Waals surface area (Å²) in [6, 6.07) is 16.6. The van der Waals surface area contributed by atoms with Crippen LogP contribution in [0.5, 0.6) is 5.75 Å². The lowest BCUT2D eigenvalue weighted by molar-refractivity contribution is 0.157. The summed E-state index contributed by atoms with van der Waals surface area (Å²) in [5, 5.41) is 5.30. The molecule has 8 nitrogen and oxygen atoms in total. The molecule has 0 unspecified atom stereocenters. The lowest BCUT2D eigenvalue weighted by Gasteiger charge is -2.25. The summed E-state index contributed by atoms with van der Waals surface area (Å²) in [6.45, 7) is 4.67. The maximum Gasteiger partial charge on any atom is 0.158 e. The highest BCUT2D eigenvalue weighted by atomic mass is 16.7. The maximum absolute atomic E-state index is 5.94. The second kappa shape index (κ2) is 10.7. The Hall–Kier alpha value is -3.36. The lowest BCUT2D eigenvalue weighted by atomic mass is 10.0. The molecule has 0 bridgehead atoms. The van der Waals surface area contributed by atoms with Crippen LogP contribution in [0.4, 0.5) is 23.0 Å². The van der Waals surface area contributed by atoms with Gasteiger partial charge in [-0.3, -0.25) is 4.84 Å². The molecule has 1 saturated heterocycles. The first-order valence-corrected chi connectivity index (χ1v) is 11.6. The fourth-order valence-corrected chi connectivity index (χ4v) is 4.17. The molecule has 2 heterocycles. The predicted octanol–water partition coefficient (Wildman–Crippen LogP) is 4.42. The third-order valence-electron chi connectivity index (χ3n) is 6.04. The number of methoxy groups -OCH3 is 1. The molecule has 0 saturated carbocycles. The first kappa shape index (κ1) is 23.8. The van der Waals surface area contributed by atoms with Crippen LogP contribution in [0.3, 0.4) is 0 Å². The number of aryl methyl sites for hydroxylation is 1. The van der Waals surface area contributed by atoms with Gasteiger partial charge in [0.05, 0.1) is 25.4 Å². The minimum atomic E-state index is 0.123. The van der Waals surface area contributed by atoms with Crippen LogP contribution >= 0.6 is 0 Å². The highest BCUT2D eigenvalue weighted by Gasteiger charge is 2.29. The Kier molecular flexibility index (Phi) is 7.49. The lowest BCUT2D eigenvalue weighted by Crippen LogP contribution is -2.28. The van der Waals surface area contributed by atoms with Crippen molar-refractivity contribution < 1.29 is 9.57 Å². The highest BCUT2D eigenvalue weighted by Crippen LogP contribution is 2.37. The van der Waals surface area contributed by atoms with E-state index < -0.39 is 0 Å². The second-order valence-electron chi connectivity index (χ2n) is 8.82. The first-order valence-electron chi connectivity index (χ1n) is 11.6. The molecule has 3 aromatic rings. The van der Waals surface area contributed by atoms with E-state index >= 15 is 0 Å². The van der Waals surface area contributed by atoms with Crippen molar-refractivity contribution in [3.05, 3.63) is 66.0 Å². The van der Waals surface area contributed by atoms with Crippen LogP contribution in [0.1, 0.15) is 23.6 Å². The van der Waals surface area contributed by atoms with Gasteiger partial charge < -0.3 is 19.9 Å². The van der Waals surface area contributed by atoms with Crippen LogP contribution in [-0.4, -0.2) is 62.8 Å². The van der Waals surface area contributed by atoms with Gasteiger partial charge in [-0.05, 0) is 38.2 Å². The third-order valence-corrected chi connectivity index (χ3v) is 6.04. The number of hydroxylamine groups is 1. The average Bonchev–Trinajstić information content (AvgIpc) is 3.33. The van der Waals surface area contributed by atoms with Gasteiger partial charge in [0, 0.05) is 44.4 Å². The van der Waals surface area contributed by atoms with E-state index in [1.807, 2.05) is 17.2 Å². The molecule has 8 heteroatoms. The molecule has 34 heavy (non-hydrogen) atoms. The normalized spacial score (nSPS) is 15.6. The van der Waals surface area contributed by atoms with Crippen LogP contribution in [0.2, 0.25) is 0 Å². The molecular weight excluding hydrogens is 428 g/mol. The van der Waals surface area contributed by atoms with Crippen molar-refractivity contribution in [3.63, 3.8) is 0 Å². The molecule has 2 aromatic carbocycles. The SMILES string of the molecule is COc1cc(N(C)CCN(C)C)c(C)cc1Nc1cc(N2OCC[C@@H]2c2ccccc2)ncn1. The van der Waals surface area contributed by atoms with Crippen molar-refractivity contribution in [2.24, 2.45) is 0 Å². The van der Waals surface area contributed by atoms with Crippen LogP contribution in [0.15, 0.2) is 54.9 Å². The van der Waals surface area contributed by atoms with Crippen molar-refractivity contribution in [1.29, 1.82) is 0 Å². The Balaban J connectivity index is 1.55. The van der Waals surface area contributed by atoms with Gasteiger partial charge in [-0.25, -0.2) is 15.0 Å². The van der Waals surface area contributed by atoms with E-state index in [1.165, 1.54) is 5.56 Å². The van der Waals surface area contributed by atoms with Gasteiger partial charge in [-0.15, -0.1) is 0 Å². The summed E-state index contributed by atoms with van der Waals surface area (Å²) < 4.78 is 5.72. The molecule has 1 aromatic heterocycles. The zero-order chi connectivity index (χ0) is 24.1. The topological polar surface area (TPSA) is 66.0 Å². The number of likely N-dealkylation sites (N-methyl/N-ethyl adjacent to an activating group) is 2. The Morgan fingerprint density at radius 2 is 1.88 bits per heavy atom. The number of anilines is 4. The zero-order valence-electron chi connectivity index (χ0n) is 20.7. The summed E-state index contributed by atoms with van der Waals surface area (Å²) in [5.74, 6) is 2.16. The third kappa shape index (κ3) is 5.40. The molecule has 180 valence electrons. The van der Waals surface area contributed by atoms with E-state index in [4.69, 9.17) is 9.57 Å². The number of ether oxygens (including phenoxy) is 1. The predicted molar refractivity (Wildman–Crippen MR) is 137 cm³/mol. The minimum Gasteiger partial charge on any atom is -0.494 e. The highest BCUT2D eigenvalue weighted by molar-refractivity contribution is 5.72. The van der Waals surface area contributed by atoms with Crippen molar-refractivity contribution in [2.45, 2.75) is 19.4 Å². The molecular formula is C26H34N6O2. The number of benzene rings is 2. The summed E-state index contributed by atoms with van der Waals surface area (Å²) in [6.07, 6.45) is 2.47. The number of aromatic nitrogens is 2. The molecule has 0 radical (unpaired) electrons. The van der Waals surface area contributed by atoms with Gasteiger partial charge in [0.1, 0.15) is 17.9 Å². The molecule has 4 rings (SSSR count). The largest absolute Gasteiger partial charge is 0.494 e. The van der Waals surface area contributed by atoms with E-state index in [9.17, 15) is 0 Å². The summed E-state index contributed by atoms with van der Waals surface area (Å²) in [5.41, 5.74) is 4.37. The van der Waals surface area contributed by atoms with Gasteiger partial charge in [0.2, 0.25) is 0 Å². The van der Waals surface area contributed by atoms with E-state index in [-0.39, 0.29) is 6.04 Å². The zero-order valence-corrected chi connectivity index (χ0v) is 20.7. The first-order chi connectivity index (χ1) is 16.5. The molecule has 1 fully saturated rings. The summed E-state index contributed by atoms with van der Waals surface area (Å²) in [4.78, 5) is 19.3. The van der Waals surface area contributed by atoms with Gasteiger partial charge in [0.15, 0.2) is 5.82 Å². The van der Waals surface area contributed by atoms with Crippen LogP contribution in [-0.2, 0) is 4.84 Å². The molecule has 1 aliphatic heterocycles. The smallest absolute Gasteiger partial charge is 0.158 e. The van der Waals surface area contributed by atoms with Gasteiger partial charge in [-0.2, -0.15) is 0 Å². The van der Waals surface area contributed by atoms with Gasteiger partial charge in [-0.1, -0.05) is 30.3 Å². The second-order valence-corrected chi connectivity index (χ2v) is 8.82. The van der Waals surface area contributed by atoms with Crippen LogP contribution in [0.25, 0.3) is 0 Å². The Bertz CT molecular complexity index is 1090. The van der Waals surface area contributed by atoms with Gasteiger partial charge >= 0.3 is 0 Å². The Morgan fingerprint density at radius 3 is 2.62 bits per heavy atom. The monoisotopic (exact) mass is 462 g/mol. The maximum atomic E-state index is 5.94. The van der Waals surface area contributed by atoms with Crippen LogP contribution in [0, 0.1) is 6.92 Å². The average molecular weight is 463 g/mol. The Morgan fingerprint density at radius 1 is 1.09 bits per heavy atom. The van der Waals surface area contributed by atoms with Gasteiger partial charge in [0.25, 0.3) is 0 Å². The number of hydrogen-bond donors (Lipinski definition) is 1. The minimum absolute atomic E-state index is 0.123. The number of hydrogen-bond acceptors (Lipinski definition) is 8. The van der Waals surface area contributed by atoms with E-state index in [0.29, 0.717) is 12.4 Å². The number of rotatable bonds is 9. The number of nitrogens with zero attached hydrogens (tertiary/aromatic N) is 5. The van der Waals surface area contributed by atoms with Crippen molar-refractivity contribution in [3.8, 4) is 5.75 Å². The van der Waals surface area contributed by atoms with Crippen molar-refractivity contribution in [2.75, 3.05) is 63.2 Å². The molecule has 1 N–H and O–H groups in total. The molecule has 0 aliphatic carbocycles. The fraction of sp³-hybridized carbons (Fsp3) is 0.385. The van der Waals surface area contributed by atoms with Crippen LogP contribution < -0.4 is 20.0 Å². The van der Waals surface area contributed by atoms with E-state index in [2.05, 4.69) is 89.5 Å². The van der Waals surface area contributed by atoms with Crippen molar-refractivity contribution in [1.82, 2.24) is 14.9 Å². The van der Waals surface area contributed by atoms with Crippen molar-refractivity contribution >= 4 is 23.0 Å². The molecule has 1 aliphatic rings. The molecule has 1 atom stereocenters. The van der Waals surface area contributed by atoms with E-state index in [0.717, 1.165) is 48.0 Å². The fourth-order valence-electron chi connectivity index (χ4n) is 4.17. The summed E-state index contributed by atoms with van der Waals surface area (Å²) >= 11 is 0. The molecule has 0 amide bonds. The van der Waals surface area contributed by atoms with E-state index in [1.54, 1.807) is 13.4 Å². The standard InChI is InChI=1S/C26H34N6O2/c1-19-15-21(24(33-5)16-23(19)31(4)13-12-30(2)3)29-25-17-26(28-18-27-25)32-22(11-14-34-32)20-9-7-6-8-10-20/h6-10,15-18,22H,11-14H2,1-5H3,(H,27,28,29)/t22-/m1/s1. The quantitative estimate of drug-likeness (QED) is 0.501.